The lowest BCUT2D eigenvalue weighted by molar-refractivity contribution is -0.277. The molecule has 0 aromatic heterocycles. The Morgan fingerprint density at radius 3 is 2.64 bits per heavy atom. The fourth-order valence-electron chi connectivity index (χ4n) is 2.26. The van der Waals surface area contributed by atoms with Crippen molar-refractivity contribution >= 4 is 5.97 Å². The highest BCUT2D eigenvalue weighted by atomic mass is 16.7. The molecule has 1 rings (SSSR count). The van der Waals surface area contributed by atoms with Gasteiger partial charge in [0, 0.05) is 6.61 Å². The van der Waals surface area contributed by atoms with Crippen molar-refractivity contribution in [2.45, 2.75) is 69.9 Å². The molecule has 130 valence electrons. The molecule has 8 nitrogen and oxygen atoms in total. The summed E-state index contributed by atoms with van der Waals surface area (Å²) in [6.07, 6.45) is -2.25. The normalized spacial score (nSPS) is 33.6. The molecule has 0 saturated carbocycles. The molecule has 0 spiro atoms. The first kappa shape index (κ1) is 19.3. The molecular formula is C14H27NO7. The number of hydrogen-bond acceptors (Lipinski definition) is 7. The van der Waals surface area contributed by atoms with E-state index in [4.69, 9.17) is 25.1 Å². The molecule has 0 radical (unpaired) electrons. The van der Waals surface area contributed by atoms with Gasteiger partial charge < -0.3 is 35.3 Å². The molecule has 1 heterocycles. The van der Waals surface area contributed by atoms with Gasteiger partial charge in [-0.1, -0.05) is 19.8 Å². The molecule has 1 fully saturated rings. The maximum Gasteiger partial charge on any atom is 0.332 e. The Hall–Kier alpha value is -0.770. The van der Waals surface area contributed by atoms with Gasteiger partial charge in [-0.3, -0.25) is 0 Å². The maximum absolute atomic E-state index is 10.9. The van der Waals surface area contributed by atoms with Crippen molar-refractivity contribution < 1.29 is 34.3 Å². The van der Waals surface area contributed by atoms with Crippen LogP contribution in [-0.2, 0) is 19.0 Å². The number of unbranched alkanes of at least 4 members (excludes halogenated alkanes) is 2. The van der Waals surface area contributed by atoms with E-state index in [1.807, 2.05) is 0 Å². The third kappa shape index (κ3) is 5.15. The first-order valence-electron chi connectivity index (χ1n) is 7.62. The highest BCUT2D eigenvalue weighted by Crippen LogP contribution is 2.24. The summed E-state index contributed by atoms with van der Waals surface area (Å²) >= 11 is 0. The summed E-state index contributed by atoms with van der Waals surface area (Å²) in [5, 5.41) is 28.3. The van der Waals surface area contributed by atoms with E-state index >= 15 is 0 Å². The van der Waals surface area contributed by atoms with Crippen LogP contribution in [0, 0.1) is 0 Å². The Labute approximate surface area is 130 Å². The summed E-state index contributed by atoms with van der Waals surface area (Å²) < 4.78 is 16.3. The van der Waals surface area contributed by atoms with Crippen molar-refractivity contribution in [2.24, 2.45) is 5.73 Å². The van der Waals surface area contributed by atoms with Gasteiger partial charge in [0.05, 0.1) is 12.6 Å². The predicted octanol–water partition coefficient (Wildman–Crippen LogP) is -0.543. The van der Waals surface area contributed by atoms with Crippen molar-refractivity contribution in [3.63, 3.8) is 0 Å². The van der Waals surface area contributed by atoms with Crippen LogP contribution in [0.3, 0.4) is 0 Å². The number of carbonyl (C=O) groups is 1. The van der Waals surface area contributed by atoms with Gasteiger partial charge in [-0.15, -0.1) is 0 Å². The van der Waals surface area contributed by atoms with Crippen molar-refractivity contribution in [1.29, 1.82) is 0 Å². The van der Waals surface area contributed by atoms with Gasteiger partial charge in [-0.25, -0.2) is 4.79 Å². The molecule has 1 saturated heterocycles. The highest BCUT2D eigenvalue weighted by molar-refractivity contribution is 5.71. The minimum atomic E-state index is -1.22. The van der Waals surface area contributed by atoms with Crippen molar-refractivity contribution in [3.8, 4) is 0 Å². The monoisotopic (exact) mass is 321 g/mol. The molecule has 22 heavy (non-hydrogen) atoms. The van der Waals surface area contributed by atoms with E-state index in [-0.39, 0.29) is 0 Å². The lowest BCUT2D eigenvalue weighted by Gasteiger charge is -2.43. The van der Waals surface area contributed by atoms with Crippen LogP contribution < -0.4 is 5.73 Å². The van der Waals surface area contributed by atoms with Crippen molar-refractivity contribution in [3.05, 3.63) is 0 Å². The van der Waals surface area contributed by atoms with Gasteiger partial charge in [0.1, 0.15) is 18.3 Å². The van der Waals surface area contributed by atoms with Gasteiger partial charge in [0.15, 0.2) is 12.4 Å². The summed E-state index contributed by atoms with van der Waals surface area (Å²) in [6, 6.07) is -0.846. The molecule has 0 bridgehead atoms. The maximum atomic E-state index is 10.9. The van der Waals surface area contributed by atoms with Crippen LogP contribution in [0.1, 0.15) is 33.1 Å². The molecule has 2 unspecified atom stereocenters. The van der Waals surface area contributed by atoms with Crippen LogP contribution in [0.25, 0.3) is 0 Å². The van der Waals surface area contributed by atoms with Crippen LogP contribution in [0.15, 0.2) is 0 Å². The van der Waals surface area contributed by atoms with E-state index < -0.39 is 49.3 Å². The van der Waals surface area contributed by atoms with E-state index in [0.717, 1.165) is 19.3 Å². The average Bonchev–Trinajstić information content (AvgIpc) is 2.49. The molecule has 0 aliphatic carbocycles. The first-order valence-corrected chi connectivity index (χ1v) is 7.62. The standard InChI is InChI=1S/C14H27NO7/c1-3-4-5-6-20-14-10(15)12(21-8(2)13(18)19)11(17)9(7-16)22-14/h8-12,14,16-17H,3-7,15H2,1-2H3,(H,18,19)/t8?,9-,10-,11-,12-,14?/m1/s1. The number of aliphatic hydroxyl groups excluding tert-OH is 2. The first-order chi connectivity index (χ1) is 10.4. The number of ether oxygens (including phenoxy) is 3. The van der Waals surface area contributed by atoms with Gasteiger partial charge >= 0.3 is 5.97 Å². The van der Waals surface area contributed by atoms with Gasteiger partial charge in [0.25, 0.3) is 0 Å². The predicted molar refractivity (Wildman–Crippen MR) is 77.2 cm³/mol. The summed E-state index contributed by atoms with van der Waals surface area (Å²) in [7, 11) is 0. The second kappa shape index (κ2) is 9.39. The third-order valence-corrected chi connectivity index (χ3v) is 3.64. The second-order valence-electron chi connectivity index (χ2n) is 5.45. The van der Waals surface area contributed by atoms with Crippen LogP contribution in [0.5, 0.6) is 0 Å². The molecule has 1 aliphatic rings. The fraction of sp³-hybridized carbons (Fsp3) is 0.929. The van der Waals surface area contributed by atoms with Crippen LogP contribution >= 0.6 is 0 Å². The number of rotatable bonds is 9. The number of aliphatic carboxylic acids is 1. The number of aliphatic hydroxyl groups is 2. The second-order valence-corrected chi connectivity index (χ2v) is 5.45. The Bertz CT molecular complexity index is 341. The zero-order valence-corrected chi connectivity index (χ0v) is 13.1. The summed E-state index contributed by atoms with van der Waals surface area (Å²) in [6.45, 7) is 3.41. The van der Waals surface area contributed by atoms with E-state index in [1.165, 1.54) is 6.92 Å². The Balaban J connectivity index is 2.68. The number of nitrogens with two attached hydrogens (primary N) is 1. The van der Waals surface area contributed by atoms with E-state index in [2.05, 4.69) is 6.92 Å². The topological polar surface area (TPSA) is 131 Å². The molecule has 8 heteroatoms. The SMILES string of the molecule is CCCCCOC1O[C@H](CO)[C@@H](O)[C@H](OC(C)C(=O)O)[C@H]1N. The summed E-state index contributed by atoms with van der Waals surface area (Å²) in [4.78, 5) is 10.9. The summed E-state index contributed by atoms with van der Waals surface area (Å²) in [5.74, 6) is -1.16. The highest BCUT2D eigenvalue weighted by Gasteiger charge is 2.45. The number of hydrogen-bond donors (Lipinski definition) is 4. The van der Waals surface area contributed by atoms with E-state index in [0.29, 0.717) is 6.61 Å². The quantitative estimate of drug-likeness (QED) is 0.416. The average molecular weight is 321 g/mol. The zero-order chi connectivity index (χ0) is 16.7. The van der Waals surface area contributed by atoms with Gasteiger partial charge in [0.2, 0.25) is 0 Å². The molecule has 5 N–H and O–H groups in total. The minimum absolute atomic E-state index is 0.432. The minimum Gasteiger partial charge on any atom is -0.479 e. The molecule has 1 aliphatic heterocycles. The lowest BCUT2D eigenvalue weighted by atomic mass is 9.97. The Morgan fingerprint density at radius 2 is 2.09 bits per heavy atom. The summed E-state index contributed by atoms with van der Waals surface area (Å²) in [5.41, 5.74) is 5.98. The van der Waals surface area contributed by atoms with Crippen LogP contribution in [-0.4, -0.2) is 71.3 Å². The largest absolute Gasteiger partial charge is 0.479 e. The van der Waals surface area contributed by atoms with Crippen LogP contribution in [0.2, 0.25) is 0 Å². The molecular weight excluding hydrogens is 294 g/mol. The lowest BCUT2D eigenvalue weighted by Crippen LogP contribution is -2.64. The molecule has 0 aromatic carbocycles. The number of carboxylic acid groups (broad SMARTS) is 1. The Morgan fingerprint density at radius 1 is 1.41 bits per heavy atom. The molecule has 0 aromatic rings. The van der Waals surface area contributed by atoms with Gasteiger partial charge in [-0.2, -0.15) is 0 Å². The van der Waals surface area contributed by atoms with E-state index in [9.17, 15) is 15.0 Å². The fourth-order valence-corrected chi connectivity index (χ4v) is 2.26. The zero-order valence-electron chi connectivity index (χ0n) is 13.1. The molecule has 6 atom stereocenters. The van der Waals surface area contributed by atoms with Crippen molar-refractivity contribution in [1.82, 2.24) is 0 Å². The third-order valence-electron chi connectivity index (χ3n) is 3.64. The van der Waals surface area contributed by atoms with E-state index in [1.54, 1.807) is 0 Å². The number of carboxylic acids is 1. The van der Waals surface area contributed by atoms with Crippen LogP contribution in [0.4, 0.5) is 0 Å². The van der Waals surface area contributed by atoms with Gasteiger partial charge in [-0.05, 0) is 13.3 Å². The Kier molecular flexibility index (Phi) is 8.23. The smallest absolute Gasteiger partial charge is 0.332 e. The molecule has 0 amide bonds. The van der Waals surface area contributed by atoms with Crippen molar-refractivity contribution in [2.75, 3.05) is 13.2 Å².